The molecule has 1 fully saturated rings. The lowest BCUT2D eigenvalue weighted by Crippen LogP contribution is -2.12. The van der Waals surface area contributed by atoms with Crippen LogP contribution in [0, 0.1) is 0 Å². The van der Waals surface area contributed by atoms with Crippen molar-refractivity contribution in [1.82, 2.24) is 0 Å². The average molecular weight is 389 g/mol. The van der Waals surface area contributed by atoms with E-state index >= 15 is 0 Å². The van der Waals surface area contributed by atoms with E-state index in [0.29, 0.717) is 17.7 Å². The smallest absolute Gasteiger partial charge is 0.194 e. The molecule has 2 aromatic rings. The van der Waals surface area contributed by atoms with Crippen molar-refractivity contribution in [3.8, 4) is 5.75 Å². The number of ketones is 1. The predicted molar refractivity (Wildman–Crippen MR) is 98.0 cm³/mol. The van der Waals surface area contributed by atoms with E-state index in [4.69, 9.17) is 9.47 Å². The largest absolute Gasteiger partial charge is 0.491 e. The quantitative estimate of drug-likeness (QED) is 0.547. The summed E-state index contributed by atoms with van der Waals surface area (Å²) in [6, 6.07) is 13.3. The van der Waals surface area contributed by atoms with E-state index in [-0.39, 0.29) is 17.3 Å². The summed E-state index contributed by atoms with van der Waals surface area (Å²) in [5.41, 5.74) is 2.49. The standard InChI is InChI=1S/C20H21BrO3/c1-20(2,3)14-6-4-5-13(9-14)19(22)17-8-7-15(10-18(17)21)23-11-16-12-24-16/h4-10,16H,11-12H2,1-3H3. The summed E-state index contributed by atoms with van der Waals surface area (Å²) in [4.78, 5) is 12.8. The first-order valence-corrected chi connectivity index (χ1v) is 8.83. The van der Waals surface area contributed by atoms with Crippen LogP contribution in [-0.4, -0.2) is 25.1 Å². The van der Waals surface area contributed by atoms with Crippen molar-refractivity contribution < 1.29 is 14.3 Å². The molecule has 1 atom stereocenters. The number of halogens is 1. The van der Waals surface area contributed by atoms with Gasteiger partial charge < -0.3 is 9.47 Å². The van der Waals surface area contributed by atoms with Gasteiger partial charge in [0.15, 0.2) is 5.78 Å². The van der Waals surface area contributed by atoms with Gasteiger partial charge in [0, 0.05) is 15.6 Å². The zero-order valence-corrected chi connectivity index (χ0v) is 15.7. The summed E-state index contributed by atoms with van der Waals surface area (Å²) < 4.78 is 11.5. The Labute approximate surface area is 151 Å². The number of carbonyl (C=O) groups excluding carboxylic acids is 1. The molecule has 1 aliphatic rings. The van der Waals surface area contributed by atoms with Crippen LogP contribution >= 0.6 is 15.9 Å². The van der Waals surface area contributed by atoms with E-state index in [1.54, 1.807) is 6.07 Å². The third-order valence-electron chi connectivity index (χ3n) is 4.01. The number of carbonyl (C=O) groups is 1. The minimum absolute atomic E-state index is 0.00468. The fraction of sp³-hybridized carbons (Fsp3) is 0.350. The summed E-state index contributed by atoms with van der Waals surface area (Å²) in [5, 5.41) is 0. The van der Waals surface area contributed by atoms with Gasteiger partial charge in [-0.3, -0.25) is 4.79 Å². The van der Waals surface area contributed by atoms with Crippen LogP contribution in [-0.2, 0) is 10.2 Å². The van der Waals surface area contributed by atoms with Crippen molar-refractivity contribution >= 4 is 21.7 Å². The molecule has 1 saturated heterocycles. The fourth-order valence-electron chi connectivity index (χ4n) is 2.41. The van der Waals surface area contributed by atoms with Crippen LogP contribution in [0.3, 0.4) is 0 Å². The normalized spacial score (nSPS) is 16.8. The van der Waals surface area contributed by atoms with Gasteiger partial charge in [-0.2, -0.15) is 0 Å². The number of ether oxygens (including phenoxy) is 2. The average Bonchev–Trinajstić information content (AvgIpc) is 3.36. The summed E-state index contributed by atoms with van der Waals surface area (Å²) in [6.45, 7) is 7.74. The molecule has 1 aliphatic heterocycles. The first-order chi connectivity index (χ1) is 11.3. The van der Waals surface area contributed by atoms with Gasteiger partial charge in [0.2, 0.25) is 0 Å². The Morgan fingerprint density at radius 3 is 2.62 bits per heavy atom. The van der Waals surface area contributed by atoms with Gasteiger partial charge in [-0.05, 0) is 51.2 Å². The zero-order chi connectivity index (χ0) is 17.3. The molecule has 3 nitrogen and oxygen atoms in total. The molecular weight excluding hydrogens is 368 g/mol. The van der Waals surface area contributed by atoms with Crippen LogP contribution in [0.4, 0.5) is 0 Å². The van der Waals surface area contributed by atoms with Gasteiger partial charge in [-0.1, -0.05) is 39.0 Å². The predicted octanol–water partition coefficient (Wildman–Crippen LogP) is 4.76. The second-order valence-corrected chi connectivity index (χ2v) is 7.92. The lowest BCUT2D eigenvalue weighted by molar-refractivity contribution is 0.103. The molecule has 0 bridgehead atoms. The zero-order valence-electron chi connectivity index (χ0n) is 14.1. The lowest BCUT2D eigenvalue weighted by Gasteiger charge is -2.19. The van der Waals surface area contributed by atoms with Crippen LogP contribution in [0.15, 0.2) is 46.9 Å². The van der Waals surface area contributed by atoms with Gasteiger partial charge in [0.05, 0.1) is 6.61 Å². The Morgan fingerprint density at radius 2 is 2.00 bits per heavy atom. The van der Waals surface area contributed by atoms with E-state index in [1.165, 1.54) is 0 Å². The summed E-state index contributed by atoms with van der Waals surface area (Å²) in [5.74, 6) is 0.738. The molecule has 1 unspecified atom stereocenters. The molecule has 0 amide bonds. The van der Waals surface area contributed by atoms with Gasteiger partial charge in [0.1, 0.15) is 18.5 Å². The topological polar surface area (TPSA) is 38.8 Å². The van der Waals surface area contributed by atoms with Gasteiger partial charge >= 0.3 is 0 Å². The second-order valence-electron chi connectivity index (χ2n) is 7.07. The first-order valence-electron chi connectivity index (χ1n) is 8.04. The van der Waals surface area contributed by atoms with Crippen molar-refractivity contribution in [2.45, 2.75) is 32.3 Å². The van der Waals surface area contributed by atoms with Crippen LogP contribution < -0.4 is 4.74 Å². The molecule has 1 heterocycles. The first kappa shape index (κ1) is 17.2. The van der Waals surface area contributed by atoms with Crippen molar-refractivity contribution in [3.05, 3.63) is 63.6 Å². The highest BCUT2D eigenvalue weighted by atomic mass is 79.9. The van der Waals surface area contributed by atoms with Gasteiger partial charge in [-0.15, -0.1) is 0 Å². The maximum absolute atomic E-state index is 12.8. The highest BCUT2D eigenvalue weighted by Crippen LogP contribution is 2.28. The molecule has 3 rings (SSSR count). The van der Waals surface area contributed by atoms with E-state index in [2.05, 4.69) is 42.8 Å². The molecule has 4 heteroatoms. The molecule has 0 saturated carbocycles. The molecule has 0 radical (unpaired) electrons. The van der Waals surface area contributed by atoms with E-state index in [1.807, 2.05) is 30.3 Å². The van der Waals surface area contributed by atoms with Crippen molar-refractivity contribution in [2.24, 2.45) is 0 Å². The summed E-state index contributed by atoms with van der Waals surface area (Å²) >= 11 is 3.49. The number of rotatable bonds is 5. The maximum Gasteiger partial charge on any atom is 0.194 e. The SMILES string of the molecule is CC(C)(C)c1cccc(C(=O)c2ccc(OCC3CO3)cc2Br)c1. The number of hydrogen-bond acceptors (Lipinski definition) is 3. The Kier molecular flexibility index (Phi) is 4.79. The fourth-order valence-corrected chi connectivity index (χ4v) is 2.94. The Morgan fingerprint density at radius 1 is 1.25 bits per heavy atom. The molecule has 0 aliphatic carbocycles. The molecule has 0 aromatic heterocycles. The Bertz CT molecular complexity index is 758. The molecule has 24 heavy (non-hydrogen) atoms. The van der Waals surface area contributed by atoms with Crippen LogP contribution in [0.5, 0.6) is 5.75 Å². The molecule has 2 aromatic carbocycles. The summed E-state index contributed by atoms with van der Waals surface area (Å²) in [6.07, 6.45) is 0.213. The number of benzene rings is 2. The molecular formula is C20H21BrO3. The summed E-state index contributed by atoms with van der Waals surface area (Å²) in [7, 11) is 0. The minimum atomic E-state index is 0.00468. The number of epoxide rings is 1. The van der Waals surface area contributed by atoms with Gasteiger partial charge in [0.25, 0.3) is 0 Å². The molecule has 126 valence electrons. The van der Waals surface area contributed by atoms with E-state index in [0.717, 1.165) is 22.4 Å². The Hall–Kier alpha value is -1.65. The lowest BCUT2D eigenvalue weighted by atomic mass is 9.85. The second kappa shape index (κ2) is 6.69. The van der Waals surface area contributed by atoms with Crippen molar-refractivity contribution in [1.29, 1.82) is 0 Å². The maximum atomic E-state index is 12.8. The van der Waals surface area contributed by atoms with Crippen molar-refractivity contribution in [3.63, 3.8) is 0 Å². The van der Waals surface area contributed by atoms with Gasteiger partial charge in [-0.25, -0.2) is 0 Å². The monoisotopic (exact) mass is 388 g/mol. The third kappa shape index (κ3) is 4.05. The molecule has 0 N–H and O–H groups in total. The third-order valence-corrected chi connectivity index (χ3v) is 4.67. The highest BCUT2D eigenvalue weighted by molar-refractivity contribution is 9.10. The van der Waals surface area contributed by atoms with Crippen LogP contribution in [0.25, 0.3) is 0 Å². The Balaban J connectivity index is 1.81. The minimum Gasteiger partial charge on any atom is -0.491 e. The van der Waals surface area contributed by atoms with Crippen LogP contribution in [0.1, 0.15) is 42.3 Å². The van der Waals surface area contributed by atoms with E-state index < -0.39 is 0 Å². The van der Waals surface area contributed by atoms with Crippen LogP contribution in [0.2, 0.25) is 0 Å². The number of hydrogen-bond donors (Lipinski definition) is 0. The highest BCUT2D eigenvalue weighted by Gasteiger charge is 2.23. The molecule has 0 spiro atoms. The van der Waals surface area contributed by atoms with E-state index in [9.17, 15) is 4.79 Å². The van der Waals surface area contributed by atoms with Crippen molar-refractivity contribution in [2.75, 3.05) is 13.2 Å².